The maximum atomic E-state index is 12.9. The van der Waals surface area contributed by atoms with Gasteiger partial charge in [0.25, 0.3) is 15.7 Å². The Kier molecular flexibility index (Phi) is 6.99. The molecule has 38 heavy (non-hydrogen) atoms. The van der Waals surface area contributed by atoms with E-state index < -0.39 is 20.6 Å². The van der Waals surface area contributed by atoms with Crippen molar-refractivity contribution in [1.82, 2.24) is 0 Å². The van der Waals surface area contributed by atoms with Gasteiger partial charge in [0.2, 0.25) is 0 Å². The second-order valence-electron chi connectivity index (χ2n) is 8.44. The van der Waals surface area contributed by atoms with Gasteiger partial charge in [0.15, 0.2) is 0 Å². The van der Waals surface area contributed by atoms with E-state index in [1.54, 1.807) is 0 Å². The molecule has 192 valence electrons. The lowest BCUT2D eigenvalue weighted by Gasteiger charge is -2.27. The number of anilines is 2. The smallest absolute Gasteiger partial charge is 0.295 e. The van der Waals surface area contributed by atoms with Crippen molar-refractivity contribution in [2.45, 2.75) is 17.4 Å². The minimum absolute atomic E-state index is 0.0492. The molecule has 0 radical (unpaired) electrons. The van der Waals surface area contributed by atoms with E-state index in [0.717, 1.165) is 17.2 Å². The summed E-state index contributed by atoms with van der Waals surface area (Å²) in [6.45, 7) is 0. The van der Waals surface area contributed by atoms with Crippen LogP contribution in [0.4, 0.5) is 17.1 Å². The van der Waals surface area contributed by atoms with E-state index in [2.05, 4.69) is 15.2 Å². The number of nitrogens with zero attached hydrogens (tertiary/aromatic N) is 2. The van der Waals surface area contributed by atoms with Crippen LogP contribution in [0.25, 0.3) is 0 Å². The number of hydrogen-bond acceptors (Lipinski definition) is 7. The van der Waals surface area contributed by atoms with Crippen molar-refractivity contribution in [3.05, 3.63) is 123 Å². The Morgan fingerprint density at radius 2 is 1.66 bits per heavy atom. The predicted octanol–water partition coefficient (Wildman–Crippen LogP) is 6.39. The first kappa shape index (κ1) is 25.2. The van der Waals surface area contributed by atoms with Gasteiger partial charge in [-0.2, -0.15) is 5.10 Å². The van der Waals surface area contributed by atoms with Gasteiger partial charge in [-0.15, -0.1) is 0 Å². The number of fused-ring (bicyclic) bond motifs is 1. The van der Waals surface area contributed by atoms with Crippen LogP contribution in [0.3, 0.4) is 0 Å². The van der Waals surface area contributed by atoms with Gasteiger partial charge in [0.05, 0.1) is 15.5 Å². The maximum Gasteiger partial charge on any atom is 0.295 e. The highest BCUT2D eigenvalue weighted by molar-refractivity contribution is 7.92. The molecule has 0 fully saturated rings. The van der Waals surface area contributed by atoms with E-state index in [0.29, 0.717) is 22.9 Å². The second-order valence-corrected chi connectivity index (χ2v) is 10.6. The average Bonchev–Trinajstić information content (AvgIpc) is 2.93. The number of rotatable bonds is 7. The molecule has 0 saturated heterocycles. The zero-order valence-corrected chi connectivity index (χ0v) is 21.3. The van der Waals surface area contributed by atoms with Gasteiger partial charge in [-0.05, 0) is 54.1 Å². The van der Waals surface area contributed by atoms with Crippen molar-refractivity contribution in [3.8, 4) is 5.75 Å². The number of nitro groups is 1. The fourth-order valence-electron chi connectivity index (χ4n) is 4.03. The second kappa shape index (κ2) is 10.5. The lowest BCUT2D eigenvalue weighted by Crippen LogP contribution is -2.22. The third-order valence-corrected chi connectivity index (χ3v) is 7.53. The molecule has 0 aliphatic carbocycles. The maximum absolute atomic E-state index is 12.9. The normalized spacial score (nSPS) is 15.8. The van der Waals surface area contributed by atoms with E-state index in [1.165, 1.54) is 36.4 Å². The summed E-state index contributed by atoms with van der Waals surface area (Å²) in [6, 6.07) is 26.8. The van der Waals surface area contributed by atoms with Gasteiger partial charge in [-0.1, -0.05) is 54.1 Å². The summed E-state index contributed by atoms with van der Waals surface area (Å²) >= 11 is 5.85. The summed E-state index contributed by atoms with van der Waals surface area (Å²) in [5, 5.41) is 16.8. The van der Waals surface area contributed by atoms with E-state index in [4.69, 9.17) is 16.3 Å². The number of sulfonamides is 1. The summed E-state index contributed by atoms with van der Waals surface area (Å²) in [6.07, 6.45) is 0.146. The topological polar surface area (TPSA) is 123 Å². The van der Waals surface area contributed by atoms with Gasteiger partial charge in [0.1, 0.15) is 17.5 Å². The number of nitro benzene ring substituents is 1. The van der Waals surface area contributed by atoms with Crippen molar-refractivity contribution < 1.29 is 18.1 Å². The van der Waals surface area contributed by atoms with E-state index >= 15 is 0 Å². The molecule has 4 aromatic rings. The molecule has 11 heteroatoms. The molecule has 9 nitrogen and oxygen atoms in total. The summed E-state index contributed by atoms with van der Waals surface area (Å²) < 4.78 is 34.3. The molecule has 5 rings (SSSR count). The van der Waals surface area contributed by atoms with Gasteiger partial charge in [-0.25, -0.2) is 8.42 Å². The largest absolute Gasteiger partial charge is 0.485 e. The van der Waals surface area contributed by atoms with Crippen LogP contribution in [-0.4, -0.2) is 19.1 Å². The van der Waals surface area contributed by atoms with Crippen molar-refractivity contribution in [2.24, 2.45) is 5.10 Å². The minimum Gasteiger partial charge on any atom is -0.485 e. The summed E-state index contributed by atoms with van der Waals surface area (Å²) in [5.74, 6) is 0.650. The monoisotopic (exact) mass is 548 g/mol. The standard InChI is InChI=1S/C27H21ClN4O5S/c28-19-10-12-20(13-11-19)31-38(35,36)21-14-15-23(25(16-21)32(33)34)29-30-24-17-27(18-6-2-1-3-7-18)37-26-9-5-4-8-22(24)26/h1-16,27,29,31H,17H2/b30-24+. The van der Waals surface area contributed by atoms with Crippen LogP contribution in [-0.2, 0) is 10.0 Å². The van der Waals surface area contributed by atoms with Crippen LogP contribution < -0.4 is 14.9 Å². The molecule has 1 aliphatic heterocycles. The highest BCUT2D eigenvalue weighted by Gasteiger charge is 2.27. The number of hydrazone groups is 1. The molecule has 0 saturated carbocycles. The van der Waals surface area contributed by atoms with Gasteiger partial charge in [-0.3, -0.25) is 20.3 Å². The minimum atomic E-state index is -4.09. The van der Waals surface area contributed by atoms with Crippen LogP contribution in [0.5, 0.6) is 5.75 Å². The number of hydrogen-bond donors (Lipinski definition) is 2. The Bertz CT molecular complexity index is 1630. The molecule has 1 aliphatic rings. The molecule has 1 atom stereocenters. The molecular weight excluding hydrogens is 528 g/mol. The highest BCUT2D eigenvalue weighted by Crippen LogP contribution is 2.36. The molecule has 0 amide bonds. The molecule has 2 N–H and O–H groups in total. The van der Waals surface area contributed by atoms with Crippen LogP contribution in [0.1, 0.15) is 23.7 Å². The Hall–Kier alpha value is -4.41. The lowest BCUT2D eigenvalue weighted by molar-refractivity contribution is -0.384. The van der Waals surface area contributed by atoms with Crippen molar-refractivity contribution >= 4 is 44.4 Å². The first-order chi connectivity index (χ1) is 18.3. The van der Waals surface area contributed by atoms with Crippen LogP contribution >= 0.6 is 11.6 Å². The molecule has 0 spiro atoms. The number of para-hydroxylation sites is 1. The Labute approximate surface area is 223 Å². The first-order valence-corrected chi connectivity index (χ1v) is 13.4. The number of benzene rings is 4. The van der Waals surface area contributed by atoms with E-state index in [1.807, 2.05) is 54.6 Å². The Balaban J connectivity index is 1.44. The SMILES string of the molecule is O=[N+]([O-])c1cc(S(=O)(=O)Nc2ccc(Cl)cc2)ccc1N/N=C1\CC(c2ccccc2)Oc2ccccc21. The zero-order chi connectivity index (χ0) is 26.7. The molecule has 0 bridgehead atoms. The van der Waals surface area contributed by atoms with Crippen LogP contribution in [0, 0.1) is 10.1 Å². The Morgan fingerprint density at radius 3 is 2.39 bits per heavy atom. The van der Waals surface area contributed by atoms with E-state index in [9.17, 15) is 18.5 Å². The van der Waals surface area contributed by atoms with Gasteiger partial charge >= 0.3 is 0 Å². The first-order valence-electron chi connectivity index (χ1n) is 11.5. The quantitative estimate of drug-likeness (QED) is 0.204. The molecule has 1 heterocycles. The fourth-order valence-corrected chi connectivity index (χ4v) is 5.24. The number of nitrogens with one attached hydrogen (secondary N) is 2. The summed E-state index contributed by atoms with van der Waals surface area (Å²) in [4.78, 5) is 10.9. The van der Waals surface area contributed by atoms with Crippen molar-refractivity contribution in [1.29, 1.82) is 0 Å². The van der Waals surface area contributed by atoms with Crippen LogP contribution in [0.2, 0.25) is 5.02 Å². The predicted molar refractivity (Wildman–Crippen MR) is 146 cm³/mol. The third-order valence-electron chi connectivity index (χ3n) is 5.90. The third kappa shape index (κ3) is 5.46. The summed E-state index contributed by atoms with van der Waals surface area (Å²) in [7, 11) is -4.09. The van der Waals surface area contributed by atoms with Gasteiger partial charge in [0, 0.05) is 28.8 Å². The molecule has 0 aromatic heterocycles. The average molecular weight is 549 g/mol. The molecular formula is C27H21ClN4O5S. The lowest BCUT2D eigenvalue weighted by atomic mass is 9.96. The molecule has 1 unspecified atom stereocenters. The fraction of sp³-hybridized carbons (Fsp3) is 0.0741. The zero-order valence-electron chi connectivity index (χ0n) is 19.7. The number of halogens is 1. The van der Waals surface area contributed by atoms with Crippen molar-refractivity contribution in [2.75, 3.05) is 10.1 Å². The highest BCUT2D eigenvalue weighted by atomic mass is 35.5. The molecule has 4 aromatic carbocycles. The van der Waals surface area contributed by atoms with Gasteiger partial charge < -0.3 is 4.74 Å². The van der Waals surface area contributed by atoms with E-state index in [-0.39, 0.29) is 22.4 Å². The summed E-state index contributed by atoms with van der Waals surface area (Å²) in [5.41, 5.74) is 5.05. The van der Waals surface area contributed by atoms with Crippen molar-refractivity contribution in [3.63, 3.8) is 0 Å². The van der Waals surface area contributed by atoms with Crippen LogP contribution in [0.15, 0.2) is 107 Å². The Morgan fingerprint density at radius 1 is 0.947 bits per heavy atom. The number of ether oxygens (including phenoxy) is 1.